The van der Waals surface area contributed by atoms with Gasteiger partial charge in [-0.3, -0.25) is 4.79 Å². The van der Waals surface area contributed by atoms with E-state index in [1.807, 2.05) is 19.9 Å². The highest BCUT2D eigenvalue weighted by atomic mass is 32.1. The van der Waals surface area contributed by atoms with E-state index in [1.54, 1.807) is 11.3 Å². The molecule has 1 amide bonds. The lowest BCUT2D eigenvalue weighted by Gasteiger charge is -2.30. The van der Waals surface area contributed by atoms with Crippen LogP contribution in [0.25, 0.3) is 0 Å². The average molecular weight is 269 g/mol. The highest BCUT2D eigenvalue weighted by Crippen LogP contribution is 2.15. The molecule has 0 saturated carbocycles. The van der Waals surface area contributed by atoms with Crippen molar-refractivity contribution >= 4 is 17.2 Å². The number of rotatable bonds is 8. The Labute approximate surface area is 113 Å². The van der Waals surface area contributed by atoms with E-state index in [0.717, 1.165) is 25.7 Å². The maximum atomic E-state index is 11.8. The van der Waals surface area contributed by atoms with Gasteiger partial charge in [0.1, 0.15) is 0 Å². The Kier molecular flexibility index (Phi) is 6.36. The van der Waals surface area contributed by atoms with Crippen molar-refractivity contribution in [3.05, 3.63) is 22.4 Å². The molecule has 1 aromatic rings. The Hall–Kier alpha value is -0.870. The van der Waals surface area contributed by atoms with Crippen molar-refractivity contribution < 1.29 is 9.90 Å². The van der Waals surface area contributed by atoms with Crippen LogP contribution in [0, 0.1) is 0 Å². The molecule has 4 heteroatoms. The predicted octanol–water partition coefficient (Wildman–Crippen LogP) is 2.74. The summed E-state index contributed by atoms with van der Waals surface area (Å²) in [6.45, 7) is 3.99. The molecule has 0 bridgehead atoms. The molecular formula is C14H23NO2S. The number of nitrogens with one attached hydrogen (secondary N) is 1. The molecule has 0 aliphatic carbocycles. The maximum absolute atomic E-state index is 11.8. The number of aliphatic hydroxyl groups is 1. The van der Waals surface area contributed by atoms with Crippen LogP contribution < -0.4 is 5.32 Å². The van der Waals surface area contributed by atoms with Crippen molar-refractivity contribution in [2.24, 2.45) is 0 Å². The average Bonchev–Trinajstić information content (AvgIpc) is 2.89. The third-order valence-electron chi connectivity index (χ3n) is 3.47. The lowest BCUT2D eigenvalue weighted by Crippen LogP contribution is -2.50. The summed E-state index contributed by atoms with van der Waals surface area (Å²) in [5.41, 5.74) is -0.431. The molecule has 3 nitrogen and oxygen atoms in total. The Morgan fingerprint density at radius 2 is 2.17 bits per heavy atom. The van der Waals surface area contributed by atoms with Crippen molar-refractivity contribution in [2.75, 3.05) is 6.61 Å². The van der Waals surface area contributed by atoms with Crippen molar-refractivity contribution in [3.8, 4) is 0 Å². The molecule has 0 aliphatic heterocycles. The third-order valence-corrected chi connectivity index (χ3v) is 4.40. The van der Waals surface area contributed by atoms with E-state index in [0.29, 0.717) is 6.42 Å². The fraction of sp³-hybridized carbons (Fsp3) is 0.643. The van der Waals surface area contributed by atoms with Gasteiger partial charge < -0.3 is 10.4 Å². The van der Waals surface area contributed by atoms with Crippen LogP contribution in [0.4, 0.5) is 0 Å². The summed E-state index contributed by atoms with van der Waals surface area (Å²) in [6, 6.07) is 4.13. The van der Waals surface area contributed by atoms with E-state index in [9.17, 15) is 9.90 Å². The summed E-state index contributed by atoms with van der Waals surface area (Å²) in [7, 11) is 0. The van der Waals surface area contributed by atoms with Crippen LogP contribution in [-0.4, -0.2) is 23.2 Å². The van der Waals surface area contributed by atoms with Gasteiger partial charge in [0.2, 0.25) is 5.91 Å². The van der Waals surface area contributed by atoms with Crippen LogP contribution >= 0.6 is 11.3 Å². The minimum Gasteiger partial charge on any atom is -0.394 e. The number of aryl methyl sites for hydroxylation is 1. The van der Waals surface area contributed by atoms with E-state index in [4.69, 9.17) is 0 Å². The molecule has 0 fully saturated rings. The van der Waals surface area contributed by atoms with Gasteiger partial charge in [0.15, 0.2) is 0 Å². The van der Waals surface area contributed by atoms with Gasteiger partial charge in [-0.1, -0.05) is 19.9 Å². The van der Waals surface area contributed by atoms with Gasteiger partial charge in [-0.15, -0.1) is 11.3 Å². The van der Waals surface area contributed by atoms with Gasteiger partial charge in [0, 0.05) is 11.3 Å². The molecule has 1 aromatic heterocycles. The first-order valence-corrected chi connectivity index (χ1v) is 7.48. The van der Waals surface area contributed by atoms with Crippen LogP contribution in [0.3, 0.4) is 0 Å². The summed E-state index contributed by atoms with van der Waals surface area (Å²) in [5, 5.41) is 14.4. The second-order valence-corrected chi connectivity index (χ2v) is 5.66. The Morgan fingerprint density at radius 1 is 1.44 bits per heavy atom. The number of carbonyl (C=O) groups excluding carboxylic acids is 1. The first kappa shape index (κ1) is 15.2. The van der Waals surface area contributed by atoms with Gasteiger partial charge in [-0.25, -0.2) is 0 Å². The Balaban J connectivity index is 2.32. The first-order chi connectivity index (χ1) is 8.65. The highest BCUT2D eigenvalue weighted by molar-refractivity contribution is 7.09. The summed E-state index contributed by atoms with van der Waals surface area (Å²) in [4.78, 5) is 13.2. The standard InChI is InChI=1S/C14H23NO2S/c1-3-14(4-2,11-16)15-13(17)9-5-7-12-8-6-10-18-12/h6,8,10,16H,3-5,7,9,11H2,1-2H3,(H,15,17). The van der Waals surface area contributed by atoms with Gasteiger partial charge in [-0.05, 0) is 37.1 Å². The molecule has 0 spiro atoms. The molecule has 102 valence electrons. The fourth-order valence-corrected chi connectivity index (χ4v) is 2.68. The SMILES string of the molecule is CCC(CC)(CO)NC(=O)CCCc1cccs1. The Morgan fingerprint density at radius 3 is 2.67 bits per heavy atom. The summed E-state index contributed by atoms with van der Waals surface area (Å²) in [6.07, 6.45) is 3.86. The predicted molar refractivity (Wildman–Crippen MR) is 75.8 cm³/mol. The molecule has 0 atom stereocenters. The lowest BCUT2D eigenvalue weighted by molar-refractivity contribution is -0.123. The number of thiophene rings is 1. The summed E-state index contributed by atoms with van der Waals surface area (Å²) in [5.74, 6) is 0.0457. The summed E-state index contributed by atoms with van der Waals surface area (Å²) >= 11 is 1.73. The van der Waals surface area contributed by atoms with Crippen molar-refractivity contribution in [3.63, 3.8) is 0 Å². The molecule has 0 aliphatic rings. The molecular weight excluding hydrogens is 246 g/mol. The van der Waals surface area contributed by atoms with Crippen molar-refractivity contribution in [1.29, 1.82) is 0 Å². The van der Waals surface area contributed by atoms with Crippen molar-refractivity contribution in [1.82, 2.24) is 5.32 Å². The van der Waals surface area contributed by atoms with Gasteiger partial charge in [0.05, 0.1) is 12.1 Å². The van der Waals surface area contributed by atoms with Gasteiger partial charge >= 0.3 is 0 Å². The topological polar surface area (TPSA) is 49.3 Å². The lowest BCUT2D eigenvalue weighted by atomic mass is 9.93. The second kappa shape index (κ2) is 7.54. The largest absolute Gasteiger partial charge is 0.394 e. The van der Waals surface area contributed by atoms with E-state index >= 15 is 0 Å². The van der Waals surface area contributed by atoms with Crippen LogP contribution in [0.15, 0.2) is 17.5 Å². The monoisotopic (exact) mass is 269 g/mol. The molecule has 0 unspecified atom stereocenters. The van der Waals surface area contributed by atoms with Crippen LogP contribution in [-0.2, 0) is 11.2 Å². The zero-order valence-corrected chi connectivity index (χ0v) is 12.1. The van der Waals surface area contributed by atoms with E-state index in [2.05, 4.69) is 16.8 Å². The zero-order valence-electron chi connectivity index (χ0n) is 11.2. The van der Waals surface area contributed by atoms with Gasteiger partial charge in [-0.2, -0.15) is 0 Å². The van der Waals surface area contributed by atoms with E-state index in [1.165, 1.54) is 4.88 Å². The Bertz CT molecular complexity index is 336. The third kappa shape index (κ3) is 4.42. The van der Waals surface area contributed by atoms with Crippen LogP contribution in [0.2, 0.25) is 0 Å². The first-order valence-electron chi connectivity index (χ1n) is 6.60. The van der Waals surface area contributed by atoms with Crippen LogP contribution in [0.5, 0.6) is 0 Å². The van der Waals surface area contributed by atoms with Crippen LogP contribution in [0.1, 0.15) is 44.4 Å². The molecule has 18 heavy (non-hydrogen) atoms. The quantitative estimate of drug-likeness (QED) is 0.762. The summed E-state index contributed by atoms with van der Waals surface area (Å²) < 4.78 is 0. The molecule has 0 aromatic carbocycles. The second-order valence-electron chi connectivity index (χ2n) is 4.63. The smallest absolute Gasteiger partial charge is 0.220 e. The number of amides is 1. The molecule has 2 N–H and O–H groups in total. The molecule has 0 saturated heterocycles. The van der Waals surface area contributed by atoms with Crippen molar-refractivity contribution in [2.45, 2.75) is 51.5 Å². The van der Waals surface area contributed by atoms with E-state index in [-0.39, 0.29) is 12.5 Å². The number of carbonyl (C=O) groups is 1. The van der Waals surface area contributed by atoms with Gasteiger partial charge in [0.25, 0.3) is 0 Å². The minimum atomic E-state index is -0.431. The number of hydrogen-bond acceptors (Lipinski definition) is 3. The minimum absolute atomic E-state index is 0.0106. The molecule has 1 rings (SSSR count). The highest BCUT2D eigenvalue weighted by Gasteiger charge is 2.26. The number of aliphatic hydroxyl groups excluding tert-OH is 1. The number of hydrogen-bond donors (Lipinski definition) is 2. The molecule has 1 heterocycles. The maximum Gasteiger partial charge on any atom is 0.220 e. The van der Waals surface area contributed by atoms with E-state index < -0.39 is 5.54 Å². The normalized spacial score (nSPS) is 11.5. The molecule has 0 radical (unpaired) electrons. The zero-order chi connectivity index (χ0) is 13.4. The fourth-order valence-electron chi connectivity index (χ4n) is 1.93.